The largest absolute Gasteiger partial charge is 0.383 e. The van der Waals surface area contributed by atoms with Gasteiger partial charge in [0.2, 0.25) is 11.9 Å². The number of amides is 2. The Hall–Kier alpha value is -3.26. The minimum absolute atomic E-state index is 0.0772. The molecule has 0 saturated carbocycles. The van der Waals surface area contributed by atoms with Crippen LogP contribution in [-0.4, -0.2) is 41.6 Å². The van der Waals surface area contributed by atoms with Crippen molar-refractivity contribution in [2.45, 2.75) is 12.5 Å². The number of halogens is 1. The van der Waals surface area contributed by atoms with Crippen LogP contribution in [0.1, 0.15) is 12.5 Å². The standard InChI is InChI=1S/C20H19FN4O3/c1-28-10-9-24-19(27)17(12-18(26)22-14-6-4-5-13(21)11-14)25-16-8-3-2-7-15(16)23-20(24)25/h2-8,11,17H,9-10,12H2,1H3,(H,22,26)/t17-/m0/s1. The van der Waals surface area contributed by atoms with Crippen LogP contribution < -0.4 is 10.2 Å². The lowest BCUT2D eigenvalue weighted by molar-refractivity contribution is -0.124. The fourth-order valence-corrected chi connectivity index (χ4v) is 3.44. The second-order valence-electron chi connectivity index (χ2n) is 6.53. The molecule has 8 heteroatoms. The van der Waals surface area contributed by atoms with Crippen molar-refractivity contribution in [1.82, 2.24) is 9.55 Å². The quantitative estimate of drug-likeness (QED) is 0.711. The lowest BCUT2D eigenvalue weighted by Crippen LogP contribution is -2.33. The van der Waals surface area contributed by atoms with E-state index in [1.807, 2.05) is 24.3 Å². The predicted molar refractivity (Wildman–Crippen MR) is 103 cm³/mol. The van der Waals surface area contributed by atoms with Crippen molar-refractivity contribution in [1.29, 1.82) is 0 Å². The number of ether oxygens (including phenoxy) is 1. The van der Waals surface area contributed by atoms with Crippen molar-refractivity contribution < 1.29 is 18.7 Å². The highest BCUT2D eigenvalue weighted by molar-refractivity contribution is 6.05. The molecule has 0 saturated heterocycles. The van der Waals surface area contributed by atoms with E-state index in [1.54, 1.807) is 22.6 Å². The van der Waals surface area contributed by atoms with Gasteiger partial charge >= 0.3 is 0 Å². The van der Waals surface area contributed by atoms with Gasteiger partial charge in [0.25, 0.3) is 5.91 Å². The van der Waals surface area contributed by atoms with Gasteiger partial charge in [-0.3, -0.25) is 19.1 Å². The zero-order chi connectivity index (χ0) is 19.7. The van der Waals surface area contributed by atoms with E-state index in [2.05, 4.69) is 10.3 Å². The molecular formula is C20H19FN4O3. The molecule has 1 aliphatic heterocycles. The highest BCUT2D eigenvalue weighted by atomic mass is 19.1. The Morgan fingerprint density at radius 1 is 1.25 bits per heavy atom. The summed E-state index contributed by atoms with van der Waals surface area (Å²) < 4.78 is 20.2. The molecular weight excluding hydrogens is 363 g/mol. The van der Waals surface area contributed by atoms with Crippen LogP contribution in [0.3, 0.4) is 0 Å². The Bertz CT molecular complexity index is 1050. The Labute approximate surface area is 160 Å². The minimum atomic E-state index is -0.715. The van der Waals surface area contributed by atoms with E-state index in [1.165, 1.54) is 18.2 Å². The molecule has 1 N–H and O–H groups in total. The van der Waals surface area contributed by atoms with Crippen LogP contribution in [0.25, 0.3) is 11.0 Å². The maximum atomic E-state index is 13.3. The number of methoxy groups -OCH3 is 1. The molecule has 0 radical (unpaired) electrons. The van der Waals surface area contributed by atoms with Gasteiger partial charge in [-0.15, -0.1) is 0 Å². The van der Waals surface area contributed by atoms with Crippen molar-refractivity contribution in [3.8, 4) is 0 Å². The van der Waals surface area contributed by atoms with Gasteiger partial charge in [0.1, 0.15) is 11.9 Å². The molecule has 7 nitrogen and oxygen atoms in total. The van der Waals surface area contributed by atoms with E-state index >= 15 is 0 Å². The van der Waals surface area contributed by atoms with Gasteiger partial charge < -0.3 is 10.1 Å². The molecule has 1 aromatic heterocycles. The van der Waals surface area contributed by atoms with Gasteiger partial charge in [-0.05, 0) is 30.3 Å². The van der Waals surface area contributed by atoms with E-state index < -0.39 is 11.9 Å². The van der Waals surface area contributed by atoms with E-state index in [-0.39, 0.29) is 18.2 Å². The number of imidazole rings is 1. The molecule has 0 fully saturated rings. The highest BCUT2D eigenvalue weighted by Gasteiger charge is 2.40. The molecule has 0 aliphatic carbocycles. The number of fused-ring (bicyclic) bond motifs is 3. The Balaban J connectivity index is 1.63. The van der Waals surface area contributed by atoms with Gasteiger partial charge in [-0.25, -0.2) is 9.37 Å². The molecule has 0 spiro atoms. The lowest BCUT2D eigenvalue weighted by atomic mass is 10.1. The van der Waals surface area contributed by atoms with Gasteiger partial charge in [0, 0.05) is 12.8 Å². The van der Waals surface area contributed by atoms with Gasteiger partial charge in [0.15, 0.2) is 0 Å². The number of carbonyl (C=O) groups excluding carboxylic acids is 2. The molecule has 28 heavy (non-hydrogen) atoms. The third-order valence-electron chi connectivity index (χ3n) is 4.69. The Morgan fingerprint density at radius 3 is 2.86 bits per heavy atom. The normalized spacial score (nSPS) is 15.9. The number of nitrogens with one attached hydrogen (secondary N) is 1. The summed E-state index contributed by atoms with van der Waals surface area (Å²) in [5, 5.41) is 2.65. The number of benzene rings is 2. The molecule has 2 amide bonds. The topological polar surface area (TPSA) is 76.5 Å². The fourth-order valence-electron chi connectivity index (χ4n) is 3.44. The summed E-state index contributed by atoms with van der Waals surface area (Å²) in [6, 6.07) is 12.4. The Morgan fingerprint density at radius 2 is 2.07 bits per heavy atom. The number of rotatable bonds is 6. The van der Waals surface area contributed by atoms with Gasteiger partial charge in [-0.2, -0.15) is 0 Å². The van der Waals surface area contributed by atoms with Crippen molar-refractivity contribution in [2.75, 3.05) is 30.5 Å². The van der Waals surface area contributed by atoms with Crippen LogP contribution in [-0.2, 0) is 14.3 Å². The maximum Gasteiger partial charge on any atom is 0.253 e. The number of anilines is 2. The van der Waals surface area contributed by atoms with Gasteiger partial charge in [-0.1, -0.05) is 18.2 Å². The van der Waals surface area contributed by atoms with Crippen LogP contribution in [0.5, 0.6) is 0 Å². The summed E-state index contributed by atoms with van der Waals surface area (Å²) in [6.07, 6.45) is -0.0772. The SMILES string of the molecule is COCCN1C(=O)[C@H](CC(=O)Nc2cccc(F)c2)n2c1nc1ccccc12. The van der Waals surface area contributed by atoms with Crippen LogP contribution >= 0.6 is 0 Å². The van der Waals surface area contributed by atoms with Crippen molar-refractivity contribution >= 4 is 34.5 Å². The lowest BCUT2D eigenvalue weighted by Gasteiger charge is -2.15. The summed E-state index contributed by atoms with van der Waals surface area (Å²) >= 11 is 0. The van der Waals surface area contributed by atoms with Crippen molar-refractivity contribution in [3.63, 3.8) is 0 Å². The molecule has 0 unspecified atom stereocenters. The van der Waals surface area contributed by atoms with E-state index in [4.69, 9.17) is 4.74 Å². The zero-order valence-corrected chi connectivity index (χ0v) is 15.3. The number of carbonyl (C=O) groups is 2. The van der Waals surface area contributed by atoms with E-state index in [9.17, 15) is 14.0 Å². The number of para-hydroxylation sites is 2. The first kappa shape index (κ1) is 18.1. The monoisotopic (exact) mass is 382 g/mol. The Kier molecular flexibility index (Phi) is 4.79. The summed E-state index contributed by atoms with van der Waals surface area (Å²) in [5.41, 5.74) is 1.89. The highest BCUT2D eigenvalue weighted by Crippen LogP contribution is 2.36. The number of hydrogen-bond donors (Lipinski definition) is 1. The summed E-state index contributed by atoms with van der Waals surface area (Å²) in [4.78, 5) is 31.6. The van der Waals surface area contributed by atoms with Crippen molar-refractivity contribution in [2.24, 2.45) is 0 Å². The molecule has 1 atom stereocenters. The molecule has 1 aliphatic rings. The molecule has 144 valence electrons. The van der Waals surface area contributed by atoms with E-state index in [0.29, 0.717) is 24.8 Å². The average molecular weight is 382 g/mol. The minimum Gasteiger partial charge on any atom is -0.383 e. The second kappa shape index (κ2) is 7.40. The average Bonchev–Trinajstić information content (AvgIpc) is 3.16. The third-order valence-corrected chi connectivity index (χ3v) is 4.69. The van der Waals surface area contributed by atoms with Crippen LogP contribution in [0.4, 0.5) is 16.0 Å². The summed E-state index contributed by atoms with van der Waals surface area (Å²) in [7, 11) is 1.56. The molecule has 2 aromatic carbocycles. The first-order chi connectivity index (χ1) is 13.6. The summed E-state index contributed by atoms with van der Waals surface area (Å²) in [5.74, 6) is -0.517. The van der Waals surface area contributed by atoms with Gasteiger partial charge in [0.05, 0.1) is 30.6 Å². The maximum absolute atomic E-state index is 13.3. The predicted octanol–water partition coefficient (Wildman–Crippen LogP) is 2.74. The molecule has 0 bridgehead atoms. The van der Waals surface area contributed by atoms with Crippen molar-refractivity contribution in [3.05, 3.63) is 54.3 Å². The summed E-state index contributed by atoms with van der Waals surface area (Å²) in [6.45, 7) is 0.706. The smallest absolute Gasteiger partial charge is 0.253 e. The number of hydrogen-bond acceptors (Lipinski definition) is 4. The second-order valence-corrected chi connectivity index (χ2v) is 6.53. The number of aromatic nitrogens is 2. The molecule has 2 heterocycles. The molecule has 3 aromatic rings. The van der Waals surface area contributed by atoms with Crippen LogP contribution in [0.15, 0.2) is 48.5 Å². The zero-order valence-electron chi connectivity index (χ0n) is 15.3. The van der Waals surface area contributed by atoms with E-state index in [0.717, 1.165) is 11.0 Å². The molecule has 4 rings (SSSR count). The first-order valence-electron chi connectivity index (χ1n) is 8.91. The number of nitrogens with zero attached hydrogens (tertiary/aromatic N) is 3. The fraction of sp³-hybridized carbons (Fsp3) is 0.250. The van der Waals surface area contributed by atoms with Crippen LogP contribution in [0, 0.1) is 5.82 Å². The first-order valence-corrected chi connectivity index (χ1v) is 8.91. The third kappa shape index (κ3) is 3.22. The van der Waals surface area contributed by atoms with Crippen LogP contribution in [0.2, 0.25) is 0 Å².